The molecule has 4 rings (SSSR count). The lowest BCUT2D eigenvalue weighted by molar-refractivity contribution is 0.0176. The summed E-state index contributed by atoms with van der Waals surface area (Å²) >= 11 is 0. The molecule has 0 atom stereocenters. The van der Waals surface area contributed by atoms with E-state index in [2.05, 4.69) is 24.8 Å². The van der Waals surface area contributed by atoms with Crippen LogP contribution in [0.5, 0.6) is 0 Å². The zero-order valence-electron chi connectivity index (χ0n) is 21.1. The fraction of sp³-hybridized carbons (Fsp3) is 0.440. The van der Waals surface area contributed by atoms with E-state index in [0.29, 0.717) is 45.8 Å². The Hall–Kier alpha value is -3.70. The maximum absolute atomic E-state index is 12.6. The first-order valence-corrected chi connectivity index (χ1v) is 12.1. The Bertz CT molecular complexity index is 1090. The number of nitrogens with zero attached hydrogens (tertiary/aromatic N) is 5. The maximum atomic E-state index is 12.6. The molecule has 3 aromatic rings. The van der Waals surface area contributed by atoms with Gasteiger partial charge in [-0.2, -0.15) is 0 Å². The maximum Gasteiger partial charge on any atom is 0.419 e. The number of carbonyl (C=O) groups is 2. The van der Waals surface area contributed by atoms with Gasteiger partial charge in [0, 0.05) is 43.5 Å². The van der Waals surface area contributed by atoms with E-state index in [-0.39, 0.29) is 10.6 Å². The molecule has 36 heavy (non-hydrogen) atoms. The second kappa shape index (κ2) is 10.5. The van der Waals surface area contributed by atoms with Gasteiger partial charge < -0.3 is 20.4 Å². The number of amides is 3. The minimum absolute atomic E-state index is 0.00207. The van der Waals surface area contributed by atoms with Crippen molar-refractivity contribution in [2.45, 2.75) is 46.0 Å². The number of nitrogens with two attached hydrogens (primary N) is 1. The summed E-state index contributed by atoms with van der Waals surface area (Å²) in [5.41, 5.74) is 7.24. The van der Waals surface area contributed by atoms with E-state index in [4.69, 9.17) is 10.5 Å². The number of aromatic nitrogens is 4. The van der Waals surface area contributed by atoms with Gasteiger partial charge in [-0.1, -0.05) is 12.1 Å². The summed E-state index contributed by atoms with van der Waals surface area (Å²) in [7, 11) is 0. The summed E-state index contributed by atoms with van der Waals surface area (Å²) in [4.78, 5) is 44.0. The molecule has 0 radical (unpaired) electrons. The lowest BCUT2D eigenvalue weighted by atomic mass is 10.1. The van der Waals surface area contributed by atoms with Crippen molar-refractivity contribution in [3.63, 3.8) is 0 Å². The smallest absolute Gasteiger partial charge is 0.419 e. The van der Waals surface area contributed by atoms with E-state index in [1.807, 2.05) is 57.4 Å². The zero-order chi connectivity index (χ0) is 25.8. The molecule has 11 heteroatoms. The molecule has 3 heterocycles. The summed E-state index contributed by atoms with van der Waals surface area (Å²) in [6.07, 6.45) is 6.73. The van der Waals surface area contributed by atoms with Gasteiger partial charge in [0.05, 0.1) is 26.2 Å². The van der Waals surface area contributed by atoms with E-state index in [9.17, 15) is 9.59 Å². The van der Waals surface area contributed by atoms with E-state index in [1.54, 1.807) is 17.3 Å². The summed E-state index contributed by atoms with van der Waals surface area (Å²) in [5.74, 6) is 1.75. The SMILES string of the molecule is CC(C)(C)OC(=O)N1CC[N+](C(N)=O)(c2ccc(CN(Cc3ncc[nH]3)Cc3ncc[nH]3)cc2)CC1. The Balaban J connectivity index is 1.45. The predicted octanol–water partition coefficient (Wildman–Crippen LogP) is 2.97. The Morgan fingerprint density at radius 1 is 1.00 bits per heavy atom. The third-order valence-corrected chi connectivity index (χ3v) is 6.27. The highest BCUT2D eigenvalue weighted by molar-refractivity contribution is 5.86. The number of piperazine rings is 1. The molecule has 192 valence electrons. The van der Waals surface area contributed by atoms with Gasteiger partial charge in [-0.05, 0) is 26.3 Å². The molecular formula is C25H35N8O3+. The average molecular weight is 496 g/mol. The van der Waals surface area contributed by atoms with Crippen molar-refractivity contribution in [2.75, 3.05) is 26.2 Å². The van der Waals surface area contributed by atoms with Crippen molar-refractivity contribution >= 4 is 17.8 Å². The third-order valence-electron chi connectivity index (χ3n) is 6.27. The van der Waals surface area contributed by atoms with Crippen LogP contribution in [-0.4, -0.2) is 73.6 Å². The number of primary amides is 1. The highest BCUT2D eigenvalue weighted by Gasteiger charge is 2.42. The van der Waals surface area contributed by atoms with Crippen LogP contribution in [-0.2, 0) is 24.4 Å². The molecule has 1 aliphatic rings. The van der Waals surface area contributed by atoms with Gasteiger partial charge in [0.1, 0.15) is 36.0 Å². The number of urea groups is 1. The van der Waals surface area contributed by atoms with Crippen LogP contribution in [0.15, 0.2) is 49.1 Å². The van der Waals surface area contributed by atoms with Crippen molar-refractivity contribution in [1.29, 1.82) is 0 Å². The molecule has 11 nitrogen and oxygen atoms in total. The number of rotatable bonds is 7. The van der Waals surface area contributed by atoms with E-state index < -0.39 is 11.6 Å². The number of quaternary nitrogens is 1. The first kappa shape index (κ1) is 25.4. The molecule has 0 bridgehead atoms. The van der Waals surface area contributed by atoms with Gasteiger partial charge in [-0.25, -0.2) is 24.0 Å². The molecule has 0 saturated carbocycles. The third kappa shape index (κ3) is 6.10. The fourth-order valence-electron chi connectivity index (χ4n) is 4.43. The number of H-pyrrole nitrogens is 2. The molecule has 1 fully saturated rings. The quantitative estimate of drug-likeness (QED) is 0.432. The summed E-state index contributed by atoms with van der Waals surface area (Å²) in [6.45, 7) is 9.03. The highest BCUT2D eigenvalue weighted by atomic mass is 16.6. The summed E-state index contributed by atoms with van der Waals surface area (Å²) in [5, 5.41) is 0. The first-order chi connectivity index (χ1) is 17.1. The number of ether oxygens (including phenoxy) is 1. The van der Waals surface area contributed by atoms with Crippen LogP contribution in [0.1, 0.15) is 38.0 Å². The predicted molar refractivity (Wildman–Crippen MR) is 135 cm³/mol. The van der Waals surface area contributed by atoms with Gasteiger partial charge >= 0.3 is 12.1 Å². The van der Waals surface area contributed by atoms with Crippen LogP contribution < -0.4 is 10.2 Å². The molecular weight excluding hydrogens is 460 g/mol. The largest absolute Gasteiger partial charge is 0.444 e. The van der Waals surface area contributed by atoms with Crippen molar-refractivity contribution in [3.05, 3.63) is 66.3 Å². The molecule has 0 spiro atoms. The van der Waals surface area contributed by atoms with Crippen molar-refractivity contribution < 1.29 is 14.3 Å². The van der Waals surface area contributed by atoms with Gasteiger partial charge in [-0.15, -0.1) is 0 Å². The molecule has 0 unspecified atom stereocenters. The topological polar surface area (TPSA) is 133 Å². The molecule has 0 aliphatic carbocycles. The van der Waals surface area contributed by atoms with Gasteiger partial charge in [0.2, 0.25) is 0 Å². The number of hydrogen-bond donors (Lipinski definition) is 3. The Labute approximate surface area is 210 Å². The van der Waals surface area contributed by atoms with E-state index in [0.717, 1.165) is 22.9 Å². The molecule has 1 aromatic carbocycles. The Morgan fingerprint density at radius 2 is 1.56 bits per heavy atom. The van der Waals surface area contributed by atoms with Crippen molar-refractivity contribution in [1.82, 2.24) is 34.2 Å². The summed E-state index contributed by atoms with van der Waals surface area (Å²) < 4.78 is 5.49. The normalized spacial score (nSPS) is 15.7. The average Bonchev–Trinajstić information content (AvgIpc) is 3.53. The van der Waals surface area contributed by atoms with E-state index >= 15 is 0 Å². The molecule has 2 aromatic heterocycles. The number of carbonyl (C=O) groups excluding carboxylic acids is 2. The monoisotopic (exact) mass is 495 g/mol. The van der Waals surface area contributed by atoms with Gasteiger partial charge in [0.15, 0.2) is 0 Å². The van der Waals surface area contributed by atoms with Crippen molar-refractivity contribution in [2.24, 2.45) is 5.73 Å². The first-order valence-electron chi connectivity index (χ1n) is 12.1. The molecule has 3 amide bonds. The Morgan fingerprint density at radius 3 is 2.00 bits per heavy atom. The fourth-order valence-corrected chi connectivity index (χ4v) is 4.43. The number of nitrogens with one attached hydrogen (secondary N) is 2. The second-order valence-electron chi connectivity index (χ2n) is 10.1. The van der Waals surface area contributed by atoms with Crippen molar-refractivity contribution in [3.8, 4) is 0 Å². The number of imidazole rings is 2. The van der Waals surface area contributed by atoms with Crippen LogP contribution in [0.25, 0.3) is 0 Å². The van der Waals surface area contributed by atoms with Gasteiger partial charge in [0.25, 0.3) is 0 Å². The molecule has 1 saturated heterocycles. The van der Waals surface area contributed by atoms with Gasteiger partial charge in [-0.3, -0.25) is 9.80 Å². The number of benzene rings is 1. The van der Waals surface area contributed by atoms with Crippen LogP contribution in [0.4, 0.5) is 15.3 Å². The van der Waals surface area contributed by atoms with Crippen LogP contribution in [0, 0.1) is 0 Å². The lowest BCUT2D eigenvalue weighted by Crippen LogP contribution is -2.66. The minimum atomic E-state index is -0.568. The second-order valence-corrected chi connectivity index (χ2v) is 10.1. The van der Waals surface area contributed by atoms with Crippen LogP contribution in [0.2, 0.25) is 0 Å². The molecule has 4 N–H and O–H groups in total. The van der Waals surface area contributed by atoms with E-state index in [1.165, 1.54) is 0 Å². The summed E-state index contributed by atoms with van der Waals surface area (Å²) in [6, 6.07) is 7.54. The molecule has 1 aliphatic heterocycles. The standard InChI is InChI=1S/C25H34N8O3/c1-25(2,3)36-24(35)32-12-14-33(15-13-32,23(26)34)20-6-4-19(5-7-20)16-31(17-21-27-8-9-28-21)18-22-29-10-11-30-22/h4-11H,12-18H2,1-3H3,(H3-,26,27,28,29,30,34)/p+1. The number of hydrogen-bond acceptors (Lipinski definition) is 6. The number of aromatic amines is 2. The Kier molecular flexibility index (Phi) is 7.41. The zero-order valence-corrected chi connectivity index (χ0v) is 21.1. The lowest BCUT2D eigenvalue weighted by Gasteiger charge is -2.41. The van der Waals surface area contributed by atoms with Crippen LogP contribution >= 0.6 is 0 Å². The highest BCUT2D eigenvalue weighted by Crippen LogP contribution is 2.27. The minimum Gasteiger partial charge on any atom is -0.444 e. The van der Waals surface area contributed by atoms with Crippen LogP contribution in [0.3, 0.4) is 0 Å².